The Labute approximate surface area is 181 Å². The molecule has 0 unspecified atom stereocenters. The Kier molecular flexibility index (Phi) is 6.53. The van der Waals surface area contributed by atoms with Gasteiger partial charge in [0, 0.05) is 28.9 Å². The number of carbonyl (C=O) groups is 1. The van der Waals surface area contributed by atoms with E-state index in [9.17, 15) is 20.0 Å². The second-order valence-electron chi connectivity index (χ2n) is 6.26. The van der Waals surface area contributed by atoms with E-state index in [2.05, 4.69) is 15.8 Å². The van der Waals surface area contributed by atoms with Crippen LogP contribution in [0.2, 0.25) is 0 Å². The predicted molar refractivity (Wildman–Crippen MR) is 121 cm³/mol. The molecule has 3 rings (SSSR count). The van der Waals surface area contributed by atoms with Crippen LogP contribution in [0.15, 0.2) is 71.8 Å². The van der Waals surface area contributed by atoms with E-state index in [1.807, 2.05) is 0 Å². The van der Waals surface area contributed by atoms with E-state index in [1.54, 1.807) is 42.5 Å². The lowest BCUT2D eigenvalue weighted by molar-refractivity contribution is -0.384. The fourth-order valence-corrected chi connectivity index (χ4v) is 2.91. The Bertz CT molecular complexity index is 1200. The van der Waals surface area contributed by atoms with Gasteiger partial charge < -0.3 is 15.5 Å². The number of phenolic OH excluding ortho intramolecular Hbond substituents is 1. The van der Waals surface area contributed by atoms with Crippen molar-refractivity contribution in [1.29, 1.82) is 0 Å². The lowest BCUT2D eigenvalue weighted by atomic mass is 10.0. The first kappa shape index (κ1) is 21.4. The van der Waals surface area contributed by atoms with Gasteiger partial charge in [0.2, 0.25) is 0 Å². The number of anilines is 1. The highest BCUT2D eigenvalue weighted by atomic mass is 32.1. The van der Waals surface area contributed by atoms with Crippen LogP contribution in [0, 0.1) is 10.1 Å². The number of nitro groups is 1. The molecule has 3 aromatic rings. The maximum atomic E-state index is 11.0. The number of thiocarbonyl (C=S) groups is 1. The van der Waals surface area contributed by atoms with Gasteiger partial charge in [-0.25, -0.2) is 4.79 Å². The molecule has 0 radical (unpaired) electrons. The number of hydrazone groups is 1. The number of rotatable bonds is 6. The third-order valence-corrected chi connectivity index (χ3v) is 4.37. The minimum atomic E-state index is -1.06. The van der Waals surface area contributed by atoms with Crippen molar-refractivity contribution in [3.63, 3.8) is 0 Å². The van der Waals surface area contributed by atoms with Gasteiger partial charge in [-0.05, 0) is 42.0 Å². The molecule has 0 amide bonds. The number of phenols is 1. The molecule has 31 heavy (non-hydrogen) atoms. The van der Waals surface area contributed by atoms with Crippen LogP contribution >= 0.6 is 12.2 Å². The molecule has 0 heterocycles. The Balaban J connectivity index is 1.72. The lowest BCUT2D eigenvalue weighted by Crippen LogP contribution is -2.24. The van der Waals surface area contributed by atoms with E-state index in [0.717, 1.165) is 0 Å². The minimum absolute atomic E-state index is 0.0824. The molecule has 0 aliphatic heterocycles. The quantitative estimate of drug-likeness (QED) is 0.197. The highest BCUT2D eigenvalue weighted by molar-refractivity contribution is 7.80. The van der Waals surface area contributed by atoms with Crippen molar-refractivity contribution < 1.29 is 19.9 Å². The summed E-state index contributed by atoms with van der Waals surface area (Å²) in [7, 11) is 0. The number of carboxylic acids is 1. The number of para-hydroxylation sites is 1. The average molecular weight is 436 g/mol. The van der Waals surface area contributed by atoms with Gasteiger partial charge in [-0.1, -0.05) is 30.3 Å². The summed E-state index contributed by atoms with van der Waals surface area (Å²) < 4.78 is 0. The number of nitrogens with zero attached hydrogens (tertiary/aromatic N) is 2. The van der Waals surface area contributed by atoms with E-state index in [1.165, 1.54) is 30.5 Å². The number of nitro benzene ring substituents is 1. The first-order valence-corrected chi connectivity index (χ1v) is 9.26. The lowest BCUT2D eigenvalue weighted by Gasteiger charge is -2.09. The highest BCUT2D eigenvalue weighted by Gasteiger charge is 2.12. The molecule has 3 aromatic carbocycles. The number of hydrogen-bond acceptors (Lipinski definition) is 6. The highest BCUT2D eigenvalue weighted by Crippen LogP contribution is 2.33. The monoisotopic (exact) mass is 436 g/mol. The van der Waals surface area contributed by atoms with Gasteiger partial charge in [0.15, 0.2) is 5.11 Å². The summed E-state index contributed by atoms with van der Waals surface area (Å²) >= 11 is 5.12. The zero-order valence-electron chi connectivity index (χ0n) is 15.9. The SMILES string of the molecule is O=C(O)c1cccc(NC(=S)N/N=C\c2cccc(-c3cccc([N+](=O)[O-])c3)c2O)c1. The Morgan fingerprint density at radius 1 is 1.10 bits per heavy atom. The van der Waals surface area contributed by atoms with Crippen molar-refractivity contribution in [2.75, 3.05) is 5.32 Å². The van der Waals surface area contributed by atoms with E-state index in [4.69, 9.17) is 17.3 Å². The first-order valence-electron chi connectivity index (χ1n) is 8.85. The molecule has 0 fully saturated rings. The molecule has 0 aromatic heterocycles. The van der Waals surface area contributed by atoms with Crippen LogP contribution < -0.4 is 10.7 Å². The molecule has 0 aliphatic rings. The van der Waals surface area contributed by atoms with Crippen molar-refractivity contribution in [1.82, 2.24) is 5.43 Å². The number of carboxylic acid groups (broad SMARTS) is 1. The molecule has 0 saturated heterocycles. The zero-order valence-corrected chi connectivity index (χ0v) is 16.7. The summed E-state index contributed by atoms with van der Waals surface area (Å²) in [6.45, 7) is 0. The smallest absolute Gasteiger partial charge is 0.335 e. The van der Waals surface area contributed by atoms with Crippen LogP contribution in [0.25, 0.3) is 11.1 Å². The van der Waals surface area contributed by atoms with Gasteiger partial charge in [0.1, 0.15) is 5.75 Å². The topological polar surface area (TPSA) is 137 Å². The van der Waals surface area contributed by atoms with Gasteiger partial charge >= 0.3 is 5.97 Å². The zero-order chi connectivity index (χ0) is 22.4. The fraction of sp³-hybridized carbons (Fsp3) is 0. The predicted octanol–water partition coefficient (Wildman–Crippen LogP) is 3.99. The Morgan fingerprint density at radius 3 is 2.58 bits per heavy atom. The Morgan fingerprint density at radius 2 is 1.84 bits per heavy atom. The van der Waals surface area contributed by atoms with Crippen LogP contribution in [0.5, 0.6) is 5.75 Å². The van der Waals surface area contributed by atoms with Gasteiger partial charge in [0.25, 0.3) is 5.69 Å². The van der Waals surface area contributed by atoms with E-state index in [-0.39, 0.29) is 22.1 Å². The van der Waals surface area contributed by atoms with Gasteiger partial charge in [-0.15, -0.1) is 0 Å². The summed E-state index contributed by atoms with van der Waals surface area (Å²) in [5.74, 6) is -1.15. The molecular weight excluding hydrogens is 420 g/mol. The molecule has 0 saturated carbocycles. The third kappa shape index (κ3) is 5.40. The van der Waals surface area contributed by atoms with Crippen LogP contribution in [-0.2, 0) is 0 Å². The summed E-state index contributed by atoms with van der Waals surface area (Å²) in [5, 5.41) is 37.5. The number of aromatic hydroxyl groups is 1. The molecule has 4 N–H and O–H groups in total. The molecule has 0 atom stereocenters. The van der Waals surface area contributed by atoms with Gasteiger partial charge in [-0.3, -0.25) is 15.5 Å². The van der Waals surface area contributed by atoms with E-state index >= 15 is 0 Å². The first-order chi connectivity index (χ1) is 14.8. The summed E-state index contributed by atoms with van der Waals surface area (Å²) in [6, 6.07) is 17.0. The summed E-state index contributed by atoms with van der Waals surface area (Å²) in [5.41, 5.74) is 4.36. The third-order valence-electron chi connectivity index (χ3n) is 4.17. The molecule has 156 valence electrons. The van der Waals surface area contributed by atoms with Crippen molar-refractivity contribution in [2.45, 2.75) is 0 Å². The van der Waals surface area contributed by atoms with Crippen molar-refractivity contribution >= 4 is 40.9 Å². The number of benzene rings is 3. The molecule has 9 nitrogen and oxygen atoms in total. The van der Waals surface area contributed by atoms with Gasteiger partial charge in [-0.2, -0.15) is 5.10 Å². The number of non-ortho nitro benzene ring substituents is 1. The molecule has 0 aliphatic carbocycles. The van der Waals surface area contributed by atoms with Crippen molar-refractivity contribution in [3.05, 3.63) is 88.0 Å². The van der Waals surface area contributed by atoms with E-state index < -0.39 is 10.9 Å². The number of aromatic carboxylic acids is 1. The molecule has 10 heteroatoms. The maximum Gasteiger partial charge on any atom is 0.335 e. The average Bonchev–Trinajstić information content (AvgIpc) is 2.75. The largest absolute Gasteiger partial charge is 0.507 e. The van der Waals surface area contributed by atoms with Gasteiger partial charge in [0.05, 0.1) is 16.7 Å². The summed E-state index contributed by atoms with van der Waals surface area (Å²) in [6.07, 6.45) is 1.35. The summed E-state index contributed by atoms with van der Waals surface area (Å²) in [4.78, 5) is 21.5. The normalized spacial score (nSPS) is 10.6. The number of hydrogen-bond donors (Lipinski definition) is 4. The maximum absolute atomic E-state index is 11.0. The van der Waals surface area contributed by atoms with Crippen LogP contribution in [-0.4, -0.2) is 32.4 Å². The van der Waals surface area contributed by atoms with Crippen LogP contribution in [0.3, 0.4) is 0 Å². The molecule has 0 spiro atoms. The van der Waals surface area contributed by atoms with Crippen LogP contribution in [0.4, 0.5) is 11.4 Å². The standard InChI is InChI=1S/C21H16N4O5S/c26-19-15(6-3-9-18(19)13-4-2-8-17(11-13)25(29)30)12-22-24-21(31)23-16-7-1-5-14(10-16)20(27)28/h1-12,26H,(H,27,28)(H2,23,24,31)/b22-12-. The molecule has 0 bridgehead atoms. The van der Waals surface area contributed by atoms with E-state index in [0.29, 0.717) is 22.4 Å². The van der Waals surface area contributed by atoms with Crippen molar-refractivity contribution in [2.24, 2.45) is 5.10 Å². The molecular formula is C21H16N4O5S. The van der Waals surface area contributed by atoms with Crippen molar-refractivity contribution in [3.8, 4) is 16.9 Å². The number of nitrogens with one attached hydrogen (secondary N) is 2. The fourth-order valence-electron chi connectivity index (χ4n) is 2.73. The second-order valence-corrected chi connectivity index (χ2v) is 6.67. The minimum Gasteiger partial charge on any atom is -0.507 e. The van der Waals surface area contributed by atoms with Crippen LogP contribution in [0.1, 0.15) is 15.9 Å². The Hall–Kier alpha value is -4.31. The second kappa shape index (κ2) is 9.46.